The third-order valence-electron chi connectivity index (χ3n) is 3.24. The number of nitrogens with one attached hydrogen (secondary N) is 1. The average Bonchev–Trinajstić information content (AvgIpc) is 3.04. The second kappa shape index (κ2) is 5.27. The molecule has 0 radical (unpaired) electrons. The molecule has 106 valence electrons. The normalized spacial score (nSPS) is 15.6. The minimum Gasteiger partial charge on any atom is -0.357 e. The number of hydrogen-bond donors (Lipinski definition) is 1. The van der Waals surface area contributed by atoms with Crippen LogP contribution >= 0.6 is 0 Å². The summed E-state index contributed by atoms with van der Waals surface area (Å²) in [5.74, 6) is -0.303. The van der Waals surface area contributed by atoms with Crippen LogP contribution < -0.4 is 0 Å². The molecule has 0 spiro atoms. The van der Waals surface area contributed by atoms with Crippen LogP contribution in [-0.4, -0.2) is 28.4 Å². The molecule has 1 amide bonds. The summed E-state index contributed by atoms with van der Waals surface area (Å²) >= 11 is 0. The van der Waals surface area contributed by atoms with E-state index in [1.165, 1.54) is 0 Å². The maximum absolute atomic E-state index is 12.5. The number of H-pyrrole nitrogens is 1. The highest BCUT2D eigenvalue weighted by Gasteiger charge is 2.36. The van der Waals surface area contributed by atoms with Crippen LogP contribution in [0.15, 0.2) is 12.3 Å². The lowest BCUT2D eigenvalue weighted by atomic mass is 10.2. The highest BCUT2D eigenvalue weighted by atomic mass is 19.4. The minimum atomic E-state index is -4.44. The number of unbranched alkanes of at least 4 members (excludes halogenated alkanes) is 1. The second-order valence-electron chi connectivity index (χ2n) is 4.88. The largest absolute Gasteiger partial charge is 0.431 e. The first-order valence-corrected chi connectivity index (χ1v) is 6.50. The van der Waals surface area contributed by atoms with Crippen molar-refractivity contribution in [2.45, 2.75) is 44.8 Å². The van der Waals surface area contributed by atoms with Gasteiger partial charge in [-0.1, -0.05) is 13.3 Å². The van der Waals surface area contributed by atoms with Crippen LogP contribution in [0.1, 0.15) is 48.7 Å². The molecule has 0 aromatic carbocycles. The van der Waals surface area contributed by atoms with Gasteiger partial charge in [-0.05, 0) is 25.3 Å². The molecule has 6 heteroatoms. The van der Waals surface area contributed by atoms with Gasteiger partial charge in [0.1, 0.15) is 5.69 Å². The van der Waals surface area contributed by atoms with Crippen molar-refractivity contribution < 1.29 is 18.0 Å². The molecule has 1 aliphatic rings. The van der Waals surface area contributed by atoms with Gasteiger partial charge in [0.2, 0.25) is 0 Å². The van der Waals surface area contributed by atoms with E-state index < -0.39 is 11.9 Å². The molecule has 3 nitrogen and oxygen atoms in total. The number of nitrogens with zero attached hydrogens (tertiary/aromatic N) is 1. The summed E-state index contributed by atoms with van der Waals surface area (Å²) in [6, 6.07) is 1.10. The standard InChI is InChI=1S/C13H17F3N2O/c1-2-3-6-18(10-4-5-10)12(19)9-7-11(17-8-9)13(14,15)16/h7-8,10,17H,2-6H2,1H3. The molecule has 1 fully saturated rings. The first kappa shape index (κ1) is 14.0. The summed E-state index contributed by atoms with van der Waals surface area (Å²) < 4.78 is 37.4. The average molecular weight is 274 g/mol. The highest BCUT2D eigenvalue weighted by Crippen LogP contribution is 2.31. The first-order chi connectivity index (χ1) is 8.93. The topological polar surface area (TPSA) is 36.1 Å². The van der Waals surface area contributed by atoms with E-state index >= 15 is 0 Å². The molecule has 1 saturated carbocycles. The van der Waals surface area contributed by atoms with E-state index in [-0.39, 0.29) is 17.5 Å². The van der Waals surface area contributed by atoms with Crippen molar-refractivity contribution in [1.82, 2.24) is 9.88 Å². The molecular formula is C13H17F3N2O. The summed E-state index contributed by atoms with van der Waals surface area (Å²) in [6.45, 7) is 2.64. The number of rotatable bonds is 5. The molecule has 1 aliphatic carbocycles. The Morgan fingerprint density at radius 3 is 2.63 bits per heavy atom. The number of halogens is 3. The molecule has 1 aromatic rings. The van der Waals surface area contributed by atoms with Gasteiger partial charge in [0, 0.05) is 18.8 Å². The van der Waals surface area contributed by atoms with Crippen molar-refractivity contribution in [3.05, 3.63) is 23.5 Å². The van der Waals surface area contributed by atoms with Crippen LogP contribution in [0.2, 0.25) is 0 Å². The van der Waals surface area contributed by atoms with Crippen LogP contribution in [0.25, 0.3) is 0 Å². The monoisotopic (exact) mass is 274 g/mol. The summed E-state index contributed by atoms with van der Waals surface area (Å²) in [4.78, 5) is 16.0. The van der Waals surface area contributed by atoms with Crippen molar-refractivity contribution in [1.29, 1.82) is 0 Å². The zero-order valence-corrected chi connectivity index (χ0v) is 10.8. The van der Waals surface area contributed by atoms with Crippen molar-refractivity contribution in [2.24, 2.45) is 0 Å². The summed E-state index contributed by atoms with van der Waals surface area (Å²) in [5, 5.41) is 0. The van der Waals surface area contributed by atoms with Gasteiger partial charge in [-0.15, -0.1) is 0 Å². The smallest absolute Gasteiger partial charge is 0.357 e. The lowest BCUT2D eigenvalue weighted by Gasteiger charge is -2.21. The SMILES string of the molecule is CCCCN(C(=O)c1c[nH]c(C(F)(F)F)c1)C1CC1. The Labute approximate surface area is 109 Å². The molecule has 0 saturated heterocycles. The first-order valence-electron chi connectivity index (χ1n) is 6.50. The van der Waals surface area contributed by atoms with Gasteiger partial charge in [0.15, 0.2) is 0 Å². The van der Waals surface area contributed by atoms with Gasteiger partial charge in [-0.25, -0.2) is 0 Å². The Kier molecular flexibility index (Phi) is 3.87. The Hall–Kier alpha value is -1.46. The molecule has 1 N–H and O–H groups in total. The number of hydrogen-bond acceptors (Lipinski definition) is 1. The quantitative estimate of drug-likeness (QED) is 0.877. The van der Waals surface area contributed by atoms with E-state index in [0.717, 1.165) is 37.9 Å². The van der Waals surface area contributed by atoms with Gasteiger partial charge in [0.25, 0.3) is 5.91 Å². The number of aromatic nitrogens is 1. The van der Waals surface area contributed by atoms with Gasteiger partial charge in [-0.2, -0.15) is 13.2 Å². The van der Waals surface area contributed by atoms with E-state index in [1.807, 2.05) is 6.92 Å². The van der Waals surface area contributed by atoms with Crippen LogP contribution in [0.4, 0.5) is 13.2 Å². The fourth-order valence-electron chi connectivity index (χ4n) is 2.01. The number of amides is 1. The molecule has 0 atom stereocenters. The van der Waals surface area contributed by atoms with Crippen molar-refractivity contribution in [2.75, 3.05) is 6.54 Å². The van der Waals surface area contributed by atoms with Crippen LogP contribution in [-0.2, 0) is 6.18 Å². The number of alkyl halides is 3. The molecule has 0 unspecified atom stereocenters. The maximum Gasteiger partial charge on any atom is 0.431 e. The predicted octanol–water partition coefficient (Wildman–Crippen LogP) is 3.44. The van der Waals surface area contributed by atoms with Crippen molar-refractivity contribution >= 4 is 5.91 Å². The van der Waals surface area contributed by atoms with Crippen molar-refractivity contribution in [3.8, 4) is 0 Å². The second-order valence-corrected chi connectivity index (χ2v) is 4.88. The zero-order chi connectivity index (χ0) is 14.0. The molecule has 1 heterocycles. The van der Waals surface area contributed by atoms with Gasteiger partial charge < -0.3 is 9.88 Å². The third kappa shape index (κ3) is 3.30. The van der Waals surface area contributed by atoms with Crippen LogP contribution in [0.5, 0.6) is 0 Å². The van der Waals surface area contributed by atoms with E-state index in [1.54, 1.807) is 4.90 Å². The van der Waals surface area contributed by atoms with E-state index in [2.05, 4.69) is 4.98 Å². The molecule has 2 rings (SSSR count). The van der Waals surface area contributed by atoms with E-state index in [4.69, 9.17) is 0 Å². The molecule has 19 heavy (non-hydrogen) atoms. The Morgan fingerprint density at radius 2 is 2.16 bits per heavy atom. The van der Waals surface area contributed by atoms with Crippen LogP contribution in [0, 0.1) is 0 Å². The van der Waals surface area contributed by atoms with E-state index in [9.17, 15) is 18.0 Å². The van der Waals surface area contributed by atoms with Crippen molar-refractivity contribution in [3.63, 3.8) is 0 Å². The predicted molar refractivity (Wildman–Crippen MR) is 64.8 cm³/mol. The number of carbonyl (C=O) groups is 1. The summed E-state index contributed by atoms with van der Waals surface area (Å²) in [5.41, 5.74) is -0.780. The lowest BCUT2D eigenvalue weighted by molar-refractivity contribution is -0.140. The number of carbonyl (C=O) groups excluding carboxylic acids is 1. The Morgan fingerprint density at radius 1 is 1.47 bits per heavy atom. The van der Waals surface area contributed by atoms with Gasteiger partial charge in [-0.3, -0.25) is 4.79 Å². The third-order valence-corrected chi connectivity index (χ3v) is 3.24. The number of aromatic amines is 1. The molecule has 1 aromatic heterocycles. The molecular weight excluding hydrogens is 257 g/mol. The lowest BCUT2D eigenvalue weighted by Crippen LogP contribution is -2.33. The Bertz CT molecular complexity index is 449. The zero-order valence-electron chi connectivity index (χ0n) is 10.8. The minimum absolute atomic E-state index is 0.0929. The molecule has 0 aliphatic heterocycles. The van der Waals surface area contributed by atoms with E-state index in [0.29, 0.717) is 6.54 Å². The fraction of sp³-hybridized carbons (Fsp3) is 0.615. The van der Waals surface area contributed by atoms with Gasteiger partial charge in [0.05, 0.1) is 5.56 Å². The summed E-state index contributed by atoms with van der Waals surface area (Å²) in [6.07, 6.45) is 0.438. The highest BCUT2D eigenvalue weighted by molar-refractivity contribution is 5.94. The fourth-order valence-corrected chi connectivity index (χ4v) is 2.01. The van der Waals surface area contributed by atoms with Crippen LogP contribution in [0.3, 0.4) is 0 Å². The maximum atomic E-state index is 12.5. The Balaban J connectivity index is 2.10. The van der Waals surface area contributed by atoms with Gasteiger partial charge >= 0.3 is 6.18 Å². The summed E-state index contributed by atoms with van der Waals surface area (Å²) in [7, 11) is 0. The molecule has 0 bridgehead atoms.